The van der Waals surface area contributed by atoms with Crippen LogP contribution in [0.3, 0.4) is 0 Å². The van der Waals surface area contributed by atoms with Crippen molar-refractivity contribution in [3.8, 4) is 56.2 Å². The Morgan fingerprint density at radius 3 is 1.70 bits per heavy atom. The lowest BCUT2D eigenvalue weighted by atomic mass is 10.00. The molecular weight excluding hydrogens is 573 g/mol. The molecule has 0 radical (unpaired) electrons. The van der Waals surface area contributed by atoms with Crippen LogP contribution in [0.25, 0.3) is 83.6 Å². The molecule has 9 rings (SSSR count). The second-order valence-electron chi connectivity index (χ2n) is 11.7. The van der Waals surface area contributed by atoms with E-state index in [0.717, 1.165) is 61.3 Å². The molecule has 3 aromatic heterocycles. The number of aromatic nitrogens is 4. The third-order valence-corrected chi connectivity index (χ3v) is 8.85. The smallest absolute Gasteiger partial charge is 0.160 e. The van der Waals surface area contributed by atoms with E-state index in [1.54, 1.807) is 0 Å². The summed E-state index contributed by atoms with van der Waals surface area (Å²) in [6, 6.07) is 57.0. The lowest BCUT2D eigenvalue weighted by Crippen LogP contribution is -1.96. The molecule has 3 heterocycles. The van der Waals surface area contributed by atoms with E-state index in [1.165, 1.54) is 16.5 Å². The molecule has 220 valence electrons. The summed E-state index contributed by atoms with van der Waals surface area (Å²) in [5, 5.41) is 1.18. The van der Waals surface area contributed by atoms with E-state index in [9.17, 15) is 0 Å². The van der Waals surface area contributed by atoms with Crippen LogP contribution in [-0.4, -0.2) is 19.4 Å². The molecule has 4 heteroatoms. The van der Waals surface area contributed by atoms with Crippen molar-refractivity contribution in [2.24, 2.45) is 0 Å². The number of rotatable bonds is 5. The highest BCUT2D eigenvalue weighted by molar-refractivity contribution is 6.08. The molecule has 0 spiro atoms. The van der Waals surface area contributed by atoms with Crippen molar-refractivity contribution in [2.45, 2.75) is 0 Å². The van der Waals surface area contributed by atoms with Crippen LogP contribution in [0, 0.1) is 0 Å². The van der Waals surface area contributed by atoms with Crippen LogP contribution in [0.1, 0.15) is 0 Å². The highest BCUT2D eigenvalue weighted by atomic mass is 14.9. The van der Waals surface area contributed by atoms with Crippen LogP contribution < -0.4 is 0 Å². The lowest BCUT2D eigenvalue weighted by Gasteiger charge is -2.11. The average molecular weight is 601 g/mol. The number of hydrogen-bond donors (Lipinski definition) is 0. The first kappa shape index (κ1) is 27.0. The van der Waals surface area contributed by atoms with Gasteiger partial charge in [0.2, 0.25) is 0 Å². The Morgan fingerprint density at radius 2 is 0.936 bits per heavy atom. The molecule has 0 aliphatic rings. The third-order valence-electron chi connectivity index (χ3n) is 8.85. The third kappa shape index (κ3) is 4.75. The summed E-state index contributed by atoms with van der Waals surface area (Å²) in [7, 11) is 0. The van der Waals surface area contributed by atoms with E-state index in [1.807, 2.05) is 36.5 Å². The Kier molecular flexibility index (Phi) is 6.43. The van der Waals surface area contributed by atoms with Gasteiger partial charge in [-0.25, -0.2) is 9.97 Å². The average Bonchev–Trinajstić information content (AvgIpc) is 3.50. The van der Waals surface area contributed by atoms with Crippen molar-refractivity contribution in [1.29, 1.82) is 0 Å². The Bertz CT molecular complexity index is 2550. The number of hydrogen-bond acceptors (Lipinski definition) is 3. The molecule has 47 heavy (non-hydrogen) atoms. The topological polar surface area (TPSA) is 43.1 Å². The molecular formula is C43H28N4. The number of benzene rings is 6. The zero-order chi connectivity index (χ0) is 31.2. The Morgan fingerprint density at radius 1 is 0.383 bits per heavy atom. The zero-order valence-corrected chi connectivity index (χ0v) is 25.5. The Hall–Kier alpha value is -6.39. The molecule has 0 fully saturated rings. The van der Waals surface area contributed by atoms with Gasteiger partial charge in [0, 0.05) is 27.6 Å². The van der Waals surface area contributed by atoms with Gasteiger partial charge in [0.1, 0.15) is 0 Å². The molecule has 0 unspecified atom stereocenters. The maximum absolute atomic E-state index is 5.16. The van der Waals surface area contributed by atoms with Crippen LogP contribution in [0.2, 0.25) is 0 Å². The van der Waals surface area contributed by atoms with E-state index < -0.39 is 0 Å². The fourth-order valence-corrected chi connectivity index (χ4v) is 6.60. The van der Waals surface area contributed by atoms with Gasteiger partial charge < -0.3 is 4.40 Å². The van der Waals surface area contributed by atoms with Crippen LogP contribution >= 0.6 is 0 Å². The molecule has 0 bridgehead atoms. The lowest BCUT2D eigenvalue weighted by molar-refractivity contribution is 1.18. The summed E-state index contributed by atoms with van der Waals surface area (Å²) in [5.74, 6) is 0.687. The minimum absolute atomic E-state index is 0.687. The first-order valence-electron chi connectivity index (χ1n) is 15.8. The number of nitrogens with zero attached hydrogens (tertiary/aromatic N) is 4. The van der Waals surface area contributed by atoms with Crippen molar-refractivity contribution < 1.29 is 0 Å². The van der Waals surface area contributed by atoms with Crippen LogP contribution in [-0.2, 0) is 0 Å². The van der Waals surface area contributed by atoms with Gasteiger partial charge in [0.05, 0.1) is 39.7 Å². The van der Waals surface area contributed by atoms with Gasteiger partial charge in [-0.15, -0.1) is 0 Å². The maximum atomic E-state index is 5.16. The van der Waals surface area contributed by atoms with Gasteiger partial charge >= 0.3 is 0 Å². The summed E-state index contributed by atoms with van der Waals surface area (Å²) in [4.78, 5) is 15.1. The van der Waals surface area contributed by atoms with Gasteiger partial charge in [0.25, 0.3) is 0 Å². The summed E-state index contributed by atoms with van der Waals surface area (Å²) in [6.45, 7) is 0. The quantitative estimate of drug-likeness (QED) is 0.197. The second-order valence-corrected chi connectivity index (χ2v) is 11.7. The standard InChI is InChI=1S/C43H28N4/c1-3-12-29(13-4-1)30-22-24-32(25-23-30)38-27-37(31-14-5-2-6-15-31)45-43(46-38)34-17-11-16-33(26-34)42-35-18-7-9-20-39(35)47-40-21-10-8-19-36(40)44-28-41(42)47/h1-28H. The molecule has 4 nitrogen and oxygen atoms in total. The first-order chi connectivity index (χ1) is 23.3. The van der Waals surface area contributed by atoms with E-state index in [2.05, 4.69) is 138 Å². The van der Waals surface area contributed by atoms with Crippen molar-refractivity contribution in [3.63, 3.8) is 0 Å². The Balaban J connectivity index is 1.21. The normalized spacial score (nSPS) is 11.4. The van der Waals surface area contributed by atoms with Gasteiger partial charge in [-0.3, -0.25) is 4.98 Å². The molecule has 0 aliphatic heterocycles. The minimum Gasteiger partial charge on any atom is -0.306 e. The van der Waals surface area contributed by atoms with Gasteiger partial charge in [-0.2, -0.15) is 0 Å². The van der Waals surface area contributed by atoms with E-state index >= 15 is 0 Å². The van der Waals surface area contributed by atoms with Gasteiger partial charge in [-0.1, -0.05) is 133 Å². The molecule has 0 aliphatic carbocycles. The van der Waals surface area contributed by atoms with E-state index in [-0.39, 0.29) is 0 Å². The second kappa shape index (κ2) is 11.2. The summed E-state index contributed by atoms with van der Waals surface area (Å²) < 4.78 is 2.32. The molecule has 6 aromatic carbocycles. The molecule has 0 saturated carbocycles. The number of para-hydroxylation sites is 3. The number of fused-ring (bicyclic) bond motifs is 5. The maximum Gasteiger partial charge on any atom is 0.160 e. The molecule has 0 amide bonds. The van der Waals surface area contributed by atoms with Crippen molar-refractivity contribution in [2.75, 3.05) is 0 Å². The molecule has 0 N–H and O–H groups in total. The summed E-state index contributed by atoms with van der Waals surface area (Å²) in [5.41, 5.74) is 13.7. The van der Waals surface area contributed by atoms with Gasteiger partial charge in [-0.05, 0) is 47.0 Å². The first-order valence-corrected chi connectivity index (χ1v) is 15.8. The highest BCUT2D eigenvalue weighted by Crippen LogP contribution is 2.38. The van der Waals surface area contributed by atoms with Crippen LogP contribution in [0.15, 0.2) is 170 Å². The van der Waals surface area contributed by atoms with Gasteiger partial charge in [0.15, 0.2) is 5.82 Å². The molecule has 0 atom stereocenters. The van der Waals surface area contributed by atoms with Crippen molar-refractivity contribution >= 4 is 27.5 Å². The fraction of sp³-hybridized carbons (Fsp3) is 0. The fourth-order valence-electron chi connectivity index (χ4n) is 6.60. The van der Waals surface area contributed by atoms with Crippen LogP contribution in [0.4, 0.5) is 0 Å². The van der Waals surface area contributed by atoms with Crippen molar-refractivity contribution in [3.05, 3.63) is 170 Å². The van der Waals surface area contributed by atoms with Crippen LogP contribution in [0.5, 0.6) is 0 Å². The van der Waals surface area contributed by atoms with Crippen molar-refractivity contribution in [1.82, 2.24) is 19.4 Å². The SMILES string of the molecule is c1ccc(-c2ccc(-c3cc(-c4ccccc4)nc(-c4cccc(-c5c6ccccc6n6c5cnc5ccccc56)c4)n3)cc2)cc1. The largest absolute Gasteiger partial charge is 0.306 e. The Labute approximate surface area is 272 Å². The zero-order valence-electron chi connectivity index (χ0n) is 25.5. The minimum atomic E-state index is 0.687. The highest BCUT2D eigenvalue weighted by Gasteiger charge is 2.17. The molecule has 9 aromatic rings. The predicted octanol–water partition coefficient (Wildman–Crippen LogP) is 10.8. The van der Waals surface area contributed by atoms with E-state index in [4.69, 9.17) is 15.0 Å². The van der Waals surface area contributed by atoms with E-state index in [0.29, 0.717) is 5.82 Å². The summed E-state index contributed by atoms with van der Waals surface area (Å²) in [6.07, 6.45) is 1.99. The summed E-state index contributed by atoms with van der Waals surface area (Å²) >= 11 is 0. The monoisotopic (exact) mass is 600 g/mol. The molecule has 0 saturated heterocycles. The predicted molar refractivity (Wildman–Crippen MR) is 193 cm³/mol.